The van der Waals surface area contributed by atoms with Crippen LogP contribution in [0.2, 0.25) is 5.02 Å². The minimum atomic E-state index is -0.452. The van der Waals surface area contributed by atoms with Crippen LogP contribution in [0.1, 0.15) is 18.9 Å². The van der Waals surface area contributed by atoms with Crippen LogP contribution in [-0.2, 0) is 11.2 Å². The fourth-order valence-electron chi connectivity index (χ4n) is 4.46. The monoisotopic (exact) mass is 535 g/mol. The van der Waals surface area contributed by atoms with Gasteiger partial charge in [0.2, 0.25) is 5.91 Å². The molecule has 200 valence electrons. The number of likely N-dealkylation sites (N-methyl/N-ethyl adjacent to an activating group) is 1. The SMILES string of the molecule is CCN(CCCNC(=O)Cc1cc(=O)oc2cc(N(C)C)ccc12)CCNc1ccnc2cc(Cl)ccc12. The van der Waals surface area contributed by atoms with Crippen molar-refractivity contribution in [2.45, 2.75) is 19.8 Å². The quantitative estimate of drug-likeness (QED) is 0.203. The van der Waals surface area contributed by atoms with Gasteiger partial charge in [-0.3, -0.25) is 9.78 Å². The first-order valence-corrected chi connectivity index (χ1v) is 13.2. The largest absolute Gasteiger partial charge is 0.423 e. The number of aromatic nitrogens is 1. The molecule has 4 aromatic rings. The molecule has 0 aliphatic carbocycles. The molecule has 8 nitrogen and oxygen atoms in total. The molecular formula is C29H34ClN5O3. The van der Waals surface area contributed by atoms with Crippen LogP contribution in [0.3, 0.4) is 0 Å². The van der Waals surface area contributed by atoms with Gasteiger partial charge in [0, 0.05) is 79.2 Å². The van der Waals surface area contributed by atoms with Gasteiger partial charge < -0.3 is 24.9 Å². The predicted octanol–water partition coefficient (Wildman–Crippen LogP) is 4.54. The lowest BCUT2D eigenvalue weighted by atomic mass is 10.1. The number of carbonyl (C=O) groups is 1. The third-order valence-electron chi connectivity index (χ3n) is 6.55. The van der Waals surface area contributed by atoms with Gasteiger partial charge in [0.15, 0.2) is 0 Å². The highest BCUT2D eigenvalue weighted by Gasteiger charge is 2.12. The highest BCUT2D eigenvalue weighted by Crippen LogP contribution is 2.24. The Morgan fingerprint density at radius 1 is 1.03 bits per heavy atom. The maximum Gasteiger partial charge on any atom is 0.336 e. The topological polar surface area (TPSA) is 90.7 Å². The molecule has 0 radical (unpaired) electrons. The van der Waals surface area contributed by atoms with Gasteiger partial charge in [-0.15, -0.1) is 0 Å². The van der Waals surface area contributed by atoms with E-state index in [2.05, 4.69) is 27.4 Å². The summed E-state index contributed by atoms with van der Waals surface area (Å²) in [4.78, 5) is 33.4. The van der Waals surface area contributed by atoms with Crippen LogP contribution in [-0.4, -0.2) is 62.6 Å². The minimum absolute atomic E-state index is 0.108. The maximum absolute atomic E-state index is 12.6. The zero-order chi connectivity index (χ0) is 27.1. The third-order valence-corrected chi connectivity index (χ3v) is 6.79. The van der Waals surface area contributed by atoms with E-state index in [-0.39, 0.29) is 12.3 Å². The lowest BCUT2D eigenvalue weighted by molar-refractivity contribution is -0.120. The number of carbonyl (C=O) groups excluding carboxylic acids is 1. The second-order valence-electron chi connectivity index (χ2n) is 9.43. The average molecular weight is 536 g/mol. The number of halogens is 1. The summed E-state index contributed by atoms with van der Waals surface area (Å²) in [5.41, 5.74) is 3.54. The number of anilines is 2. The van der Waals surface area contributed by atoms with E-state index in [9.17, 15) is 9.59 Å². The number of rotatable bonds is 12. The van der Waals surface area contributed by atoms with Crippen LogP contribution in [0.15, 0.2) is 63.9 Å². The molecule has 2 heterocycles. The third kappa shape index (κ3) is 7.02. The van der Waals surface area contributed by atoms with Gasteiger partial charge in [0.25, 0.3) is 0 Å². The molecule has 2 aromatic carbocycles. The molecule has 0 aliphatic heterocycles. The highest BCUT2D eigenvalue weighted by atomic mass is 35.5. The lowest BCUT2D eigenvalue weighted by Gasteiger charge is -2.21. The Bertz CT molecular complexity index is 1470. The minimum Gasteiger partial charge on any atom is -0.423 e. The number of nitrogens with zero attached hydrogens (tertiary/aromatic N) is 3. The van der Waals surface area contributed by atoms with Crippen molar-refractivity contribution in [2.75, 3.05) is 57.0 Å². The molecule has 0 aliphatic rings. The Kier molecular flexibility index (Phi) is 9.20. The predicted molar refractivity (Wildman–Crippen MR) is 155 cm³/mol. The van der Waals surface area contributed by atoms with Gasteiger partial charge in [-0.2, -0.15) is 0 Å². The Morgan fingerprint density at radius 2 is 1.84 bits per heavy atom. The normalized spacial score (nSPS) is 11.3. The molecule has 38 heavy (non-hydrogen) atoms. The van der Waals surface area contributed by atoms with Gasteiger partial charge in [-0.25, -0.2) is 4.79 Å². The van der Waals surface area contributed by atoms with E-state index in [4.69, 9.17) is 16.0 Å². The summed E-state index contributed by atoms with van der Waals surface area (Å²) < 4.78 is 5.37. The van der Waals surface area contributed by atoms with E-state index < -0.39 is 5.63 Å². The molecule has 4 rings (SSSR count). The van der Waals surface area contributed by atoms with Crippen molar-refractivity contribution in [1.82, 2.24) is 15.2 Å². The van der Waals surface area contributed by atoms with Gasteiger partial charge in [0.1, 0.15) is 5.58 Å². The first-order chi connectivity index (χ1) is 18.3. The maximum atomic E-state index is 12.6. The van der Waals surface area contributed by atoms with E-state index in [0.717, 1.165) is 60.3 Å². The summed E-state index contributed by atoms with van der Waals surface area (Å²) in [6, 6.07) is 14.8. The Balaban J connectivity index is 1.24. The van der Waals surface area contributed by atoms with E-state index in [0.29, 0.717) is 22.7 Å². The summed E-state index contributed by atoms with van der Waals surface area (Å²) >= 11 is 6.09. The lowest BCUT2D eigenvalue weighted by Crippen LogP contribution is -2.33. The van der Waals surface area contributed by atoms with Crippen LogP contribution in [0, 0.1) is 0 Å². The van der Waals surface area contributed by atoms with Gasteiger partial charge >= 0.3 is 5.63 Å². The van der Waals surface area contributed by atoms with Gasteiger partial charge in [-0.1, -0.05) is 18.5 Å². The molecule has 0 saturated carbocycles. The molecule has 0 atom stereocenters. The number of fused-ring (bicyclic) bond motifs is 2. The number of benzene rings is 2. The summed E-state index contributed by atoms with van der Waals surface area (Å²) in [7, 11) is 3.85. The number of hydrogen-bond acceptors (Lipinski definition) is 7. The molecule has 2 aromatic heterocycles. The standard InChI is InChI=1S/C29H34ClN5O3/c1-4-35(15-13-32-25-10-12-31-26-18-21(30)6-8-24(25)26)14-5-11-33-28(36)16-20-17-29(37)38-27-19-22(34(2)3)7-9-23(20)27/h6-10,12,17-19H,4-5,11,13-16H2,1-3H3,(H,31,32)(H,33,36). The molecule has 0 saturated heterocycles. The van der Waals surface area contributed by atoms with Crippen LogP contribution in [0.5, 0.6) is 0 Å². The van der Waals surface area contributed by atoms with E-state index in [1.165, 1.54) is 6.07 Å². The fraction of sp³-hybridized carbons (Fsp3) is 0.345. The second kappa shape index (κ2) is 12.8. The molecular weight excluding hydrogens is 502 g/mol. The number of amides is 1. The van der Waals surface area contributed by atoms with Crippen molar-refractivity contribution in [3.8, 4) is 0 Å². The summed E-state index contributed by atoms with van der Waals surface area (Å²) in [5, 5.41) is 9.00. The summed E-state index contributed by atoms with van der Waals surface area (Å²) in [6.45, 7) is 6.17. The van der Waals surface area contributed by atoms with Crippen molar-refractivity contribution < 1.29 is 9.21 Å². The number of hydrogen-bond donors (Lipinski definition) is 2. The van der Waals surface area contributed by atoms with Gasteiger partial charge in [-0.05, 0) is 61.5 Å². The molecule has 2 N–H and O–H groups in total. The molecule has 0 spiro atoms. The summed E-state index contributed by atoms with van der Waals surface area (Å²) in [6.07, 6.45) is 2.75. The zero-order valence-corrected chi connectivity index (χ0v) is 22.8. The summed E-state index contributed by atoms with van der Waals surface area (Å²) in [5.74, 6) is -0.108. The van der Waals surface area contributed by atoms with Crippen LogP contribution in [0.4, 0.5) is 11.4 Å². The van der Waals surface area contributed by atoms with Gasteiger partial charge in [0.05, 0.1) is 11.9 Å². The number of nitrogens with one attached hydrogen (secondary N) is 2. The van der Waals surface area contributed by atoms with Crippen LogP contribution >= 0.6 is 11.6 Å². The Labute approximate surface area is 227 Å². The smallest absolute Gasteiger partial charge is 0.336 e. The van der Waals surface area contributed by atoms with Crippen molar-refractivity contribution in [3.63, 3.8) is 0 Å². The Morgan fingerprint density at radius 3 is 2.63 bits per heavy atom. The first-order valence-electron chi connectivity index (χ1n) is 12.9. The van der Waals surface area contributed by atoms with Crippen molar-refractivity contribution in [1.29, 1.82) is 0 Å². The second-order valence-corrected chi connectivity index (χ2v) is 9.86. The van der Waals surface area contributed by atoms with E-state index >= 15 is 0 Å². The Hall–Kier alpha value is -3.62. The van der Waals surface area contributed by atoms with Crippen LogP contribution < -0.4 is 21.2 Å². The molecule has 9 heteroatoms. The molecule has 1 amide bonds. The van der Waals surface area contributed by atoms with E-state index in [1.54, 1.807) is 6.20 Å². The number of pyridine rings is 1. The molecule has 0 fully saturated rings. The van der Waals surface area contributed by atoms with Crippen LogP contribution in [0.25, 0.3) is 21.9 Å². The highest BCUT2D eigenvalue weighted by molar-refractivity contribution is 6.31. The van der Waals surface area contributed by atoms with Crippen molar-refractivity contribution in [2.24, 2.45) is 0 Å². The first kappa shape index (κ1) is 27.4. The average Bonchev–Trinajstić information content (AvgIpc) is 2.89. The zero-order valence-electron chi connectivity index (χ0n) is 22.1. The van der Waals surface area contributed by atoms with E-state index in [1.807, 2.05) is 61.5 Å². The van der Waals surface area contributed by atoms with Crippen molar-refractivity contribution >= 4 is 50.8 Å². The molecule has 0 unspecified atom stereocenters. The fourth-order valence-corrected chi connectivity index (χ4v) is 4.63. The molecule has 0 bridgehead atoms. The van der Waals surface area contributed by atoms with Crippen molar-refractivity contribution in [3.05, 3.63) is 75.7 Å².